The first-order valence-electron chi connectivity index (χ1n) is 6.49. The van der Waals surface area contributed by atoms with Crippen LogP contribution in [-0.2, 0) is 14.4 Å². The third kappa shape index (κ3) is 3.39. The van der Waals surface area contributed by atoms with Gasteiger partial charge in [0.2, 0.25) is 0 Å². The molecule has 1 unspecified atom stereocenters. The van der Waals surface area contributed by atoms with Crippen molar-refractivity contribution in [1.82, 2.24) is 5.06 Å². The Labute approximate surface area is 109 Å². The topological polar surface area (TPSA) is 38.8 Å². The first-order chi connectivity index (χ1) is 8.89. The second-order valence-corrected chi connectivity index (χ2v) is 5.09. The smallest absolute Gasteiger partial charge is 0.392 e. The van der Waals surface area contributed by atoms with E-state index in [9.17, 15) is 18.0 Å². The second kappa shape index (κ2) is 5.66. The first-order valence-corrected chi connectivity index (χ1v) is 6.49. The molecule has 2 rings (SSSR count). The van der Waals surface area contributed by atoms with Crippen LogP contribution in [0.5, 0.6) is 0 Å². The number of nitrogens with zero attached hydrogens (tertiary/aromatic N) is 1. The summed E-state index contributed by atoms with van der Waals surface area (Å²) in [4.78, 5) is 15.9. The van der Waals surface area contributed by atoms with E-state index >= 15 is 0 Å². The van der Waals surface area contributed by atoms with Crippen LogP contribution >= 0.6 is 0 Å². The Kier molecular flexibility index (Phi) is 4.35. The number of ether oxygens (including phenoxy) is 1. The Morgan fingerprint density at radius 3 is 2.84 bits per heavy atom. The lowest BCUT2D eigenvalue weighted by Gasteiger charge is -2.36. The molecule has 0 N–H and O–H groups in total. The normalized spacial score (nSPS) is 34.3. The van der Waals surface area contributed by atoms with Gasteiger partial charge in [-0.2, -0.15) is 18.2 Å². The third-order valence-electron chi connectivity index (χ3n) is 3.84. The van der Waals surface area contributed by atoms with Crippen molar-refractivity contribution in [3.05, 3.63) is 0 Å². The Balaban J connectivity index is 1.88. The average Bonchev–Trinajstić information content (AvgIpc) is 2.55. The van der Waals surface area contributed by atoms with Crippen LogP contribution in [0, 0.1) is 11.8 Å². The molecule has 0 amide bonds. The average molecular weight is 281 g/mol. The number of carbonyl (C=O) groups excluding carboxylic acids is 1. The molecule has 2 saturated heterocycles. The van der Waals surface area contributed by atoms with Gasteiger partial charge in [0.25, 0.3) is 0 Å². The van der Waals surface area contributed by atoms with Gasteiger partial charge in [0, 0.05) is 25.4 Å². The number of carbonyl (C=O) groups is 1. The molecule has 0 aromatic carbocycles. The maximum Gasteiger partial charge on any atom is 0.392 e. The van der Waals surface area contributed by atoms with Gasteiger partial charge in [0.15, 0.2) is 0 Å². The van der Waals surface area contributed by atoms with Crippen molar-refractivity contribution in [2.45, 2.75) is 38.4 Å². The van der Waals surface area contributed by atoms with Crippen LogP contribution < -0.4 is 0 Å². The van der Waals surface area contributed by atoms with Gasteiger partial charge >= 0.3 is 12.1 Å². The van der Waals surface area contributed by atoms with Gasteiger partial charge in [-0.25, -0.2) is 0 Å². The van der Waals surface area contributed by atoms with Gasteiger partial charge in [-0.1, -0.05) is 0 Å². The summed E-state index contributed by atoms with van der Waals surface area (Å²) in [7, 11) is 0. The number of fused-ring (bicyclic) bond motifs is 2. The number of alkyl halides is 3. The van der Waals surface area contributed by atoms with Crippen LogP contribution in [-0.4, -0.2) is 43.0 Å². The molecule has 2 aliphatic rings. The molecule has 4 nitrogen and oxygen atoms in total. The molecule has 2 bridgehead atoms. The Morgan fingerprint density at radius 1 is 1.47 bits per heavy atom. The van der Waals surface area contributed by atoms with Crippen molar-refractivity contribution in [2.24, 2.45) is 11.8 Å². The largest absolute Gasteiger partial charge is 0.466 e. The van der Waals surface area contributed by atoms with Crippen LogP contribution in [0.3, 0.4) is 0 Å². The maximum absolute atomic E-state index is 12.9. The summed E-state index contributed by atoms with van der Waals surface area (Å²) in [5.41, 5.74) is 0. The molecule has 19 heavy (non-hydrogen) atoms. The molecule has 110 valence electrons. The highest BCUT2D eigenvalue weighted by atomic mass is 19.4. The fraction of sp³-hybridized carbons (Fsp3) is 0.917. The second-order valence-electron chi connectivity index (χ2n) is 5.09. The first kappa shape index (κ1) is 14.6. The number of hydrogen-bond donors (Lipinski definition) is 0. The minimum atomic E-state index is -4.15. The molecular formula is C12H18F3NO3. The summed E-state index contributed by atoms with van der Waals surface area (Å²) in [5, 5.41) is 1.67. The van der Waals surface area contributed by atoms with Gasteiger partial charge in [-0.15, -0.1) is 0 Å². The molecule has 0 aromatic heterocycles. The van der Waals surface area contributed by atoms with E-state index in [1.54, 1.807) is 5.06 Å². The number of piperidine rings is 1. The van der Waals surface area contributed by atoms with E-state index in [2.05, 4.69) is 0 Å². The lowest BCUT2D eigenvalue weighted by atomic mass is 9.80. The summed E-state index contributed by atoms with van der Waals surface area (Å²) >= 11 is 0. The van der Waals surface area contributed by atoms with Gasteiger partial charge in [0.1, 0.15) is 0 Å². The highest BCUT2D eigenvalue weighted by Crippen LogP contribution is 2.45. The fourth-order valence-electron chi connectivity index (χ4n) is 2.97. The highest BCUT2D eigenvalue weighted by molar-refractivity contribution is 5.65. The maximum atomic E-state index is 12.9. The number of rotatable bonds is 4. The summed E-state index contributed by atoms with van der Waals surface area (Å²) in [6.07, 6.45) is -2.93. The van der Waals surface area contributed by atoms with Crippen molar-refractivity contribution in [1.29, 1.82) is 0 Å². The minimum absolute atomic E-state index is 0.106. The van der Waals surface area contributed by atoms with Crippen molar-refractivity contribution < 1.29 is 27.5 Å². The van der Waals surface area contributed by atoms with Crippen LogP contribution in [0.2, 0.25) is 0 Å². The Hall–Kier alpha value is -0.820. The lowest BCUT2D eigenvalue weighted by molar-refractivity contribution is -0.205. The van der Waals surface area contributed by atoms with Gasteiger partial charge in [-0.05, 0) is 19.3 Å². The highest BCUT2D eigenvalue weighted by Gasteiger charge is 2.54. The summed E-state index contributed by atoms with van der Waals surface area (Å²) < 4.78 is 43.6. The van der Waals surface area contributed by atoms with E-state index in [1.165, 1.54) is 6.92 Å². The molecule has 0 saturated carbocycles. The molecule has 0 aliphatic carbocycles. The molecule has 2 fully saturated rings. The van der Waals surface area contributed by atoms with Gasteiger partial charge in [-0.3, -0.25) is 9.63 Å². The summed E-state index contributed by atoms with van der Waals surface area (Å²) in [6, 6.07) is -0.212. The van der Waals surface area contributed by atoms with Gasteiger partial charge in [0.05, 0.1) is 19.1 Å². The van der Waals surface area contributed by atoms with Crippen molar-refractivity contribution in [2.75, 3.05) is 19.8 Å². The van der Waals surface area contributed by atoms with E-state index in [0.717, 1.165) is 0 Å². The standard InChI is InChI=1S/C12H18F3NO3/c1-8(17)18-6-2-3-11-9-7-19-16(11)5-4-10(9)12(13,14)15/h9-11H,2-7H2,1H3/t9-,10-,11-/m0/s1. The van der Waals surface area contributed by atoms with Crippen molar-refractivity contribution in [3.63, 3.8) is 0 Å². The molecule has 0 spiro atoms. The van der Waals surface area contributed by atoms with E-state index < -0.39 is 18.0 Å². The molecule has 4 atom stereocenters. The zero-order chi connectivity index (χ0) is 14.0. The predicted molar refractivity (Wildman–Crippen MR) is 60.0 cm³/mol. The SMILES string of the molecule is CC(=O)OCCC[C@H]1[C@H]2CON1CC[C@@H]2C(F)(F)F. The summed E-state index contributed by atoms with van der Waals surface area (Å²) in [5.74, 6) is -2.13. The number of esters is 1. The Morgan fingerprint density at radius 2 is 2.21 bits per heavy atom. The molecule has 0 aromatic rings. The van der Waals surface area contributed by atoms with E-state index in [1.807, 2.05) is 0 Å². The third-order valence-corrected chi connectivity index (χ3v) is 3.84. The van der Waals surface area contributed by atoms with E-state index in [0.29, 0.717) is 19.4 Å². The van der Waals surface area contributed by atoms with E-state index in [-0.39, 0.29) is 31.6 Å². The molecule has 0 radical (unpaired) electrons. The zero-order valence-electron chi connectivity index (χ0n) is 10.8. The molecule has 2 aliphatic heterocycles. The number of hydrogen-bond acceptors (Lipinski definition) is 4. The van der Waals surface area contributed by atoms with Crippen molar-refractivity contribution in [3.8, 4) is 0 Å². The number of halogens is 3. The van der Waals surface area contributed by atoms with Crippen molar-refractivity contribution >= 4 is 5.97 Å². The zero-order valence-corrected chi connectivity index (χ0v) is 10.8. The molecular weight excluding hydrogens is 263 g/mol. The molecule has 2 heterocycles. The molecule has 7 heteroatoms. The monoisotopic (exact) mass is 281 g/mol. The van der Waals surface area contributed by atoms with Crippen LogP contribution in [0.25, 0.3) is 0 Å². The van der Waals surface area contributed by atoms with Crippen LogP contribution in [0.4, 0.5) is 13.2 Å². The van der Waals surface area contributed by atoms with Crippen LogP contribution in [0.1, 0.15) is 26.2 Å². The minimum Gasteiger partial charge on any atom is -0.466 e. The predicted octanol–water partition coefficient (Wildman–Crippen LogP) is 2.14. The Bertz CT molecular complexity index is 335. The number of hydroxylamine groups is 2. The fourth-order valence-corrected chi connectivity index (χ4v) is 2.97. The van der Waals surface area contributed by atoms with Crippen LogP contribution in [0.15, 0.2) is 0 Å². The summed E-state index contributed by atoms with van der Waals surface area (Å²) in [6.45, 7) is 2.03. The quantitative estimate of drug-likeness (QED) is 0.584. The van der Waals surface area contributed by atoms with E-state index in [4.69, 9.17) is 9.57 Å². The lowest BCUT2D eigenvalue weighted by Crippen LogP contribution is -2.46. The van der Waals surface area contributed by atoms with Gasteiger partial charge < -0.3 is 4.74 Å².